The number of allylic oxidation sites excluding steroid dienone is 1. The van der Waals surface area contributed by atoms with Gasteiger partial charge in [-0.25, -0.2) is 0 Å². The van der Waals surface area contributed by atoms with Crippen LogP contribution in [-0.4, -0.2) is 10.6 Å². The van der Waals surface area contributed by atoms with E-state index in [-0.39, 0.29) is 10.6 Å². The highest BCUT2D eigenvalue weighted by Gasteiger charge is 2.30. The molecule has 2 rings (SSSR count). The van der Waals surface area contributed by atoms with Gasteiger partial charge in [-0.05, 0) is 18.6 Å². The zero-order valence-electron chi connectivity index (χ0n) is 9.07. The smallest absolute Gasteiger partial charge is 0.221 e. The Kier molecular flexibility index (Phi) is 2.63. The van der Waals surface area contributed by atoms with Gasteiger partial charge in [-0.15, -0.1) is 12.6 Å². The summed E-state index contributed by atoms with van der Waals surface area (Å²) in [5.74, 6) is -0.424. The number of nitrogen functional groups attached to an aromatic ring is 2. The van der Waals surface area contributed by atoms with Crippen LogP contribution in [0.3, 0.4) is 0 Å². The molecule has 4 nitrogen and oxygen atoms in total. The molecule has 0 heterocycles. The molecule has 0 spiro atoms. The van der Waals surface area contributed by atoms with E-state index in [1.807, 2.05) is 6.92 Å². The second-order valence-corrected chi connectivity index (χ2v) is 4.72. The van der Waals surface area contributed by atoms with Crippen LogP contribution in [0.15, 0.2) is 11.8 Å². The van der Waals surface area contributed by atoms with Gasteiger partial charge in [0.25, 0.3) is 0 Å². The summed E-state index contributed by atoms with van der Waals surface area (Å²) < 4.78 is 0. The summed E-state index contributed by atoms with van der Waals surface area (Å²) in [5.41, 5.74) is 20.3. The molecule has 1 aromatic carbocycles. The number of carbonyl (C=O) groups excluding carboxylic acids is 1. The summed E-state index contributed by atoms with van der Waals surface area (Å²) in [6, 6.07) is 1.69. The van der Waals surface area contributed by atoms with Crippen LogP contribution in [0.2, 0.25) is 0 Å². The summed E-state index contributed by atoms with van der Waals surface area (Å²) in [4.78, 5) is 12.2. The van der Waals surface area contributed by atoms with Gasteiger partial charge in [-0.1, -0.05) is 12.2 Å². The van der Waals surface area contributed by atoms with Gasteiger partial charge in [-0.3, -0.25) is 4.79 Å². The molecule has 0 aliphatic heterocycles. The van der Waals surface area contributed by atoms with E-state index in [0.717, 1.165) is 5.56 Å². The molecule has 1 aliphatic carbocycles. The highest BCUT2D eigenvalue weighted by atomic mass is 32.1. The maximum atomic E-state index is 11.8. The Labute approximate surface area is 109 Å². The van der Waals surface area contributed by atoms with Crippen LogP contribution < -0.4 is 17.2 Å². The minimum Gasteiger partial charge on any atom is -0.398 e. The van der Waals surface area contributed by atoms with Crippen LogP contribution in [0.1, 0.15) is 16.7 Å². The van der Waals surface area contributed by atoms with E-state index in [0.29, 0.717) is 27.4 Å². The highest BCUT2D eigenvalue weighted by molar-refractivity contribution is 7.90. The third kappa shape index (κ3) is 1.52. The number of nitrogens with two attached hydrogens (primary N) is 3. The van der Waals surface area contributed by atoms with Crippen molar-refractivity contribution in [3.63, 3.8) is 0 Å². The average Bonchev–Trinajstić information content (AvgIpc) is 2.28. The zero-order chi connectivity index (χ0) is 12.9. The van der Waals surface area contributed by atoms with Gasteiger partial charge in [-0.2, -0.15) is 0 Å². The van der Waals surface area contributed by atoms with E-state index < -0.39 is 5.78 Å². The number of benzene rings is 1. The molecule has 0 amide bonds. The molecule has 1 aromatic rings. The number of anilines is 2. The van der Waals surface area contributed by atoms with Crippen LogP contribution >= 0.6 is 24.8 Å². The summed E-state index contributed by atoms with van der Waals surface area (Å²) >= 11 is 9.31. The number of hydrogen-bond acceptors (Lipinski definition) is 6. The first-order chi connectivity index (χ1) is 7.86. The lowest BCUT2D eigenvalue weighted by Crippen LogP contribution is -2.28. The Hall–Kier alpha value is -1.53. The van der Waals surface area contributed by atoms with Crippen molar-refractivity contribution < 1.29 is 4.79 Å². The first-order valence-corrected chi connectivity index (χ1v) is 5.68. The zero-order valence-corrected chi connectivity index (χ0v) is 10.8. The van der Waals surface area contributed by atoms with E-state index in [4.69, 9.17) is 29.4 Å². The number of thiol groups is 1. The maximum Gasteiger partial charge on any atom is 0.221 e. The molecular weight excluding hydrogens is 254 g/mol. The van der Waals surface area contributed by atoms with Crippen LogP contribution in [0.4, 0.5) is 11.4 Å². The van der Waals surface area contributed by atoms with Crippen molar-refractivity contribution in [2.75, 3.05) is 11.5 Å². The molecule has 0 saturated heterocycles. The Morgan fingerprint density at radius 2 is 1.82 bits per heavy atom. The third-order valence-electron chi connectivity index (χ3n) is 2.77. The van der Waals surface area contributed by atoms with Crippen molar-refractivity contribution in [3.05, 3.63) is 28.5 Å². The first kappa shape index (κ1) is 11.9. The second-order valence-electron chi connectivity index (χ2n) is 3.87. The third-order valence-corrected chi connectivity index (χ3v) is 3.63. The van der Waals surface area contributed by atoms with E-state index in [9.17, 15) is 4.79 Å². The topological polar surface area (TPSA) is 95.1 Å². The lowest BCUT2D eigenvalue weighted by atomic mass is 9.89. The van der Waals surface area contributed by atoms with Crippen molar-refractivity contribution in [3.8, 4) is 0 Å². The van der Waals surface area contributed by atoms with Crippen LogP contribution in [0.5, 0.6) is 0 Å². The Bertz CT molecular complexity index is 605. The van der Waals surface area contributed by atoms with Crippen molar-refractivity contribution in [1.29, 1.82) is 0 Å². The fourth-order valence-electron chi connectivity index (χ4n) is 1.83. The largest absolute Gasteiger partial charge is 0.398 e. The van der Waals surface area contributed by atoms with Crippen molar-refractivity contribution in [2.24, 2.45) is 5.73 Å². The molecule has 0 bridgehead atoms. The molecule has 0 saturated carbocycles. The predicted octanol–water partition coefficient (Wildman–Crippen LogP) is 1.02. The van der Waals surface area contributed by atoms with E-state index in [1.165, 1.54) is 0 Å². The molecule has 6 N–H and O–H groups in total. The molecule has 17 heavy (non-hydrogen) atoms. The SMILES string of the molecule is Cc1cc(N)c2c(c1N)C(S)=C(N)C(=O)C2=S. The number of fused-ring (bicyclic) bond motifs is 1. The first-order valence-electron chi connectivity index (χ1n) is 4.83. The summed E-state index contributed by atoms with van der Waals surface area (Å²) in [6.07, 6.45) is 0. The van der Waals surface area contributed by atoms with Crippen molar-refractivity contribution >= 4 is 51.8 Å². The Morgan fingerprint density at radius 3 is 2.41 bits per heavy atom. The number of ketones is 1. The van der Waals surface area contributed by atoms with Crippen LogP contribution in [0, 0.1) is 6.92 Å². The molecule has 0 fully saturated rings. The normalized spacial score (nSPS) is 15.2. The molecule has 0 unspecified atom stereocenters. The summed E-state index contributed by atoms with van der Waals surface area (Å²) in [6.45, 7) is 1.82. The number of Topliss-reactive ketones (excluding diaryl/α,β-unsaturated/α-hetero) is 1. The van der Waals surface area contributed by atoms with E-state index in [2.05, 4.69) is 12.6 Å². The fraction of sp³-hybridized carbons (Fsp3) is 0.0909. The highest BCUT2D eigenvalue weighted by Crippen LogP contribution is 2.39. The minimum atomic E-state index is -0.424. The Balaban J connectivity index is 2.95. The maximum absolute atomic E-state index is 11.8. The molecule has 88 valence electrons. The van der Waals surface area contributed by atoms with Gasteiger partial charge < -0.3 is 17.2 Å². The number of hydrogen-bond donors (Lipinski definition) is 4. The molecular formula is C11H11N3OS2. The van der Waals surface area contributed by atoms with E-state index >= 15 is 0 Å². The monoisotopic (exact) mass is 265 g/mol. The van der Waals surface area contributed by atoms with Crippen molar-refractivity contribution in [2.45, 2.75) is 6.92 Å². The molecule has 0 radical (unpaired) electrons. The van der Waals surface area contributed by atoms with Gasteiger partial charge in [0, 0.05) is 27.4 Å². The predicted molar refractivity (Wildman–Crippen MR) is 76.8 cm³/mol. The molecule has 6 heteroatoms. The molecule has 0 atom stereocenters. The van der Waals surface area contributed by atoms with Gasteiger partial charge >= 0.3 is 0 Å². The molecule has 0 aromatic heterocycles. The van der Waals surface area contributed by atoms with Gasteiger partial charge in [0.2, 0.25) is 5.78 Å². The Morgan fingerprint density at radius 1 is 1.24 bits per heavy atom. The van der Waals surface area contributed by atoms with Gasteiger partial charge in [0.05, 0.1) is 10.6 Å². The second kappa shape index (κ2) is 3.75. The minimum absolute atomic E-state index is 0.0162. The summed E-state index contributed by atoms with van der Waals surface area (Å²) in [5, 5.41) is 0. The summed E-state index contributed by atoms with van der Waals surface area (Å²) in [7, 11) is 0. The quantitative estimate of drug-likeness (QED) is 0.319. The van der Waals surface area contributed by atoms with Crippen molar-refractivity contribution in [1.82, 2.24) is 0 Å². The lowest BCUT2D eigenvalue weighted by molar-refractivity contribution is -0.109. The standard InChI is InChI=1S/C11H11N3OS2/c1-3-2-4(12)5-6(7(3)13)10(16)8(14)9(15)11(5)17/h2,16H,12-14H2,1H3. The number of carbonyl (C=O) groups is 1. The van der Waals surface area contributed by atoms with Gasteiger partial charge in [0.15, 0.2) is 0 Å². The van der Waals surface area contributed by atoms with E-state index in [1.54, 1.807) is 6.07 Å². The van der Waals surface area contributed by atoms with Crippen LogP contribution in [-0.2, 0) is 4.79 Å². The lowest BCUT2D eigenvalue weighted by Gasteiger charge is -2.22. The van der Waals surface area contributed by atoms with Crippen LogP contribution in [0.25, 0.3) is 4.91 Å². The van der Waals surface area contributed by atoms with Gasteiger partial charge in [0.1, 0.15) is 0 Å². The fourth-order valence-corrected chi connectivity index (χ4v) is 2.49. The number of thiocarbonyl (C=S) groups is 1. The average molecular weight is 265 g/mol. The number of aryl methyl sites for hydroxylation is 1. The number of rotatable bonds is 0. The molecule has 1 aliphatic rings.